The van der Waals surface area contributed by atoms with E-state index in [1.807, 2.05) is 85.8 Å². The van der Waals surface area contributed by atoms with Crippen LogP contribution in [0.1, 0.15) is 5.82 Å². The molecule has 0 aliphatic rings. The molecule has 6 rings (SSSR count). The molecule has 2 heterocycles. The van der Waals surface area contributed by atoms with Gasteiger partial charge in [-0.1, -0.05) is 48.5 Å². The van der Waals surface area contributed by atoms with Crippen molar-refractivity contribution in [1.29, 1.82) is 0 Å². The van der Waals surface area contributed by atoms with Gasteiger partial charge in [-0.15, -0.1) is 10.2 Å². The molecule has 6 aromatic rings. The van der Waals surface area contributed by atoms with Gasteiger partial charge in [-0.2, -0.15) is 4.80 Å². The number of fused-ring (bicyclic) bond motifs is 4. The Morgan fingerprint density at radius 1 is 0.710 bits per heavy atom. The highest BCUT2D eigenvalue weighted by atomic mass is 16.1. The van der Waals surface area contributed by atoms with Gasteiger partial charge < -0.3 is 0 Å². The number of hydrogen-bond donors (Lipinski definition) is 0. The number of benzene rings is 4. The molecule has 0 aliphatic carbocycles. The van der Waals surface area contributed by atoms with Crippen LogP contribution >= 0.6 is 0 Å². The molecular weight excluding hydrogens is 386 g/mol. The molecular formula is C25H17N5O. The van der Waals surface area contributed by atoms with Gasteiger partial charge in [0, 0.05) is 5.39 Å². The first-order valence-corrected chi connectivity index (χ1v) is 10.0. The van der Waals surface area contributed by atoms with Gasteiger partial charge in [-0.25, -0.2) is 4.98 Å². The van der Waals surface area contributed by atoms with Gasteiger partial charge in [-0.05, 0) is 48.7 Å². The molecule has 0 unspecified atom stereocenters. The molecule has 0 saturated heterocycles. The van der Waals surface area contributed by atoms with Gasteiger partial charge in [0.05, 0.1) is 22.3 Å². The van der Waals surface area contributed by atoms with Crippen LogP contribution in [-0.4, -0.2) is 24.5 Å². The first kappa shape index (κ1) is 17.5. The molecule has 2 aromatic heterocycles. The maximum atomic E-state index is 13.4. The van der Waals surface area contributed by atoms with Crippen LogP contribution in [0, 0.1) is 6.92 Å². The molecule has 0 spiro atoms. The summed E-state index contributed by atoms with van der Waals surface area (Å²) < 4.78 is 1.63. The largest absolute Gasteiger partial charge is 0.268 e. The number of hydrogen-bond acceptors (Lipinski definition) is 4. The average Bonchev–Trinajstić information content (AvgIpc) is 3.25. The summed E-state index contributed by atoms with van der Waals surface area (Å²) in [6, 6.07) is 27.2. The van der Waals surface area contributed by atoms with Gasteiger partial charge >= 0.3 is 0 Å². The van der Waals surface area contributed by atoms with E-state index in [1.165, 1.54) is 0 Å². The molecule has 0 radical (unpaired) electrons. The Kier molecular flexibility index (Phi) is 3.73. The Morgan fingerprint density at radius 2 is 1.48 bits per heavy atom. The van der Waals surface area contributed by atoms with Crippen LogP contribution in [0.15, 0.2) is 89.7 Å². The van der Waals surface area contributed by atoms with Crippen molar-refractivity contribution in [2.75, 3.05) is 0 Å². The molecule has 6 heteroatoms. The Labute approximate surface area is 177 Å². The van der Waals surface area contributed by atoms with Crippen molar-refractivity contribution in [1.82, 2.24) is 24.5 Å². The molecule has 0 saturated carbocycles. The van der Waals surface area contributed by atoms with Crippen LogP contribution in [0.4, 0.5) is 0 Å². The van der Waals surface area contributed by atoms with Crippen molar-refractivity contribution in [3.05, 3.63) is 101 Å². The van der Waals surface area contributed by atoms with Crippen LogP contribution in [0.5, 0.6) is 0 Å². The Hall–Kier alpha value is -4.32. The monoisotopic (exact) mass is 403 g/mol. The van der Waals surface area contributed by atoms with E-state index in [2.05, 4.69) is 16.1 Å². The van der Waals surface area contributed by atoms with E-state index >= 15 is 0 Å². The van der Waals surface area contributed by atoms with Crippen molar-refractivity contribution in [3.63, 3.8) is 0 Å². The quantitative estimate of drug-likeness (QED) is 0.424. The van der Waals surface area contributed by atoms with Gasteiger partial charge in [0.2, 0.25) is 0 Å². The fourth-order valence-corrected chi connectivity index (χ4v) is 4.05. The normalized spacial score (nSPS) is 11.5. The van der Waals surface area contributed by atoms with Crippen LogP contribution in [0.3, 0.4) is 0 Å². The van der Waals surface area contributed by atoms with Gasteiger partial charge in [0.15, 0.2) is 0 Å². The first-order chi connectivity index (χ1) is 15.2. The van der Waals surface area contributed by atoms with Gasteiger partial charge in [0.25, 0.3) is 5.56 Å². The Balaban J connectivity index is 1.57. The van der Waals surface area contributed by atoms with Crippen molar-refractivity contribution in [3.8, 4) is 11.4 Å². The highest BCUT2D eigenvalue weighted by Crippen LogP contribution is 2.24. The van der Waals surface area contributed by atoms with Crippen molar-refractivity contribution < 1.29 is 0 Å². The molecule has 4 aromatic carbocycles. The van der Waals surface area contributed by atoms with Crippen molar-refractivity contribution in [2.45, 2.75) is 6.92 Å². The van der Waals surface area contributed by atoms with E-state index in [0.29, 0.717) is 16.7 Å². The van der Waals surface area contributed by atoms with E-state index in [4.69, 9.17) is 5.10 Å². The highest BCUT2D eigenvalue weighted by Gasteiger charge is 2.13. The number of nitrogens with zero attached hydrogens (tertiary/aromatic N) is 5. The third-order valence-electron chi connectivity index (χ3n) is 5.54. The van der Waals surface area contributed by atoms with E-state index in [0.717, 1.165) is 33.2 Å². The lowest BCUT2D eigenvalue weighted by atomic mass is 10.1. The number of para-hydroxylation sites is 1. The topological polar surface area (TPSA) is 65.6 Å². The zero-order chi connectivity index (χ0) is 20.9. The average molecular weight is 403 g/mol. The number of aryl methyl sites for hydroxylation is 1. The summed E-state index contributed by atoms with van der Waals surface area (Å²) in [6.45, 7) is 1.84. The van der Waals surface area contributed by atoms with E-state index < -0.39 is 0 Å². The zero-order valence-electron chi connectivity index (χ0n) is 16.7. The van der Waals surface area contributed by atoms with Gasteiger partial charge in [0.1, 0.15) is 16.9 Å². The molecule has 148 valence electrons. The molecule has 0 atom stereocenters. The highest BCUT2D eigenvalue weighted by molar-refractivity contribution is 6.03. The zero-order valence-corrected chi connectivity index (χ0v) is 16.7. The molecule has 0 N–H and O–H groups in total. The smallest absolute Gasteiger partial charge is 0.266 e. The van der Waals surface area contributed by atoms with Crippen LogP contribution < -0.4 is 5.56 Å². The molecule has 0 amide bonds. The predicted octanol–water partition coefficient (Wildman–Crippen LogP) is 4.58. The van der Waals surface area contributed by atoms with Crippen molar-refractivity contribution >= 4 is 32.7 Å². The third-order valence-corrected chi connectivity index (χ3v) is 5.54. The molecule has 0 aliphatic heterocycles. The molecule has 0 bridgehead atoms. The molecule has 6 nitrogen and oxygen atoms in total. The number of rotatable bonds is 2. The summed E-state index contributed by atoms with van der Waals surface area (Å²) in [4.78, 5) is 19.6. The SMILES string of the molecule is Cc1nc2ccc(-n3nc4ccc5ccccc5c4n3)cc2c(=O)n1-c1ccccc1. The minimum Gasteiger partial charge on any atom is -0.268 e. The Morgan fingerprint density at radius 3 is 2.35 bits per heavy atom. The maximum absolute atomic E-state index is 13.4. The fourth-order valence-electron chi connectivity index (χ4n) is 4.05. The lowest BCUT2D eigenvalue weighted by molar-refractivity contribution is 0.766. The second-order valence-electron chi connectivity index (χ2n) is 7.48. The summed E-state index contributed by atoms with van der Waals surface area (Å²) in [7, 11) is 0. The van der Waals surface area contributed by atoms with E-state index in [1.54, 1.807) is 9.36 Å². The minimum atomic E-state index is -0.113. The van der Waals surface area contributed by atoms with E-state index in [9.17, 15) is 4.79 Å². The molecule has 0 fully saturated rings. The predicted molar refractivity (Wildman–Crippen MR) is 122 cm³/mol. The van der Waals surface area contributed by atoms with Gasteiger partial charge in [-0.3, -0.25) is 9.36 Å². The maximum Gasteiger partial charge on any atom is 0.266 e. The summed E-state index contributed by atoms with van der Waals surface area (Å²) in [5.41, 5.74) is 3.69. The summed E-state index contributed by atoms with van der Waals surface area (Å²) in [5.74, 6) is 0.644. The second kappa shape index (κ2) is 6.60. The third kappa shape index (κ3) is 2.73. The van der Waals surface area contributed by atoms with Crippen LogP contribution in [0.25, 0.3) is 44.1 Å². The fraction of sp³-hybridized carbons (Fsp3) is 0.0400. The second-order valence-corrected chi connectivity index (χ2v) is 7.48. The van der Waals surface area contributed by atoms with Crippen LogP contribution in [0.2, 0.25) is 0 Å². The summed E-state index contributed by atoms with van der Waals surface area (Å²) in [6.07, 6.45) is 0. The molecule has 31 heavy (non-hydrogen) atoms. The summed E-state index contributed by atoms with van der Waals surface area (Å²) in [5, 5.41) is 12.1. The first-order valence-electron chi connectivity index (χ1n) is 10.0. The lowest BCUT2D eigenvalue weighted by Gasteiger charge is -2.11. The standard InChI is InChI=1S/C25H17N5O/c1-16-26-22-14-12-19(15-21(22)25(31)29(16)18-8-3-2-4-9-18)30-27-23-13-11-17-7-5-6-10-20(17)24(23)28-30/h2-15H,1H3. The number of aromatic nitrogens is 5. The summed E-state index contributed by atoms with van der Waals surface area (Å²) >= 11 is 0. The van der Waals surface area contributed by atoms with Crippen molar-refractivity contribution in [2.24, 2.45) is 0 Å². The lowest BCUT2D eigenvalue weighted by Crippen LogP contribution is -2.22. The van der Waals surface area contributed by atoms with E-state index in [-0.39, 0.29) is 5.56 Å². The Bertz CT molecular complexity index is 1660. The minimum absolute atomic E-state index is 0.113. The van der Waals surface area contributed by atoms with Crippen LogP contribution in [-0.2, 0) is 0 Å².